The Hall–Kier alpha value is -3.30. The molecule has 2 saturated heterocycles. The summed E-state index contributed by atoms with van der Waals surface area (Å²) in [7, 11) is 3.14. The van der Waals surface area contributed by atoms with E-state index in [1.165, 1.54) is 7.11 Å². The Morgan fingerprint density at radius 1 is 1.03 bits per heavy atom. The van der Waals surface area contributed by atoms with Crippen LogP contribution in [0.15, 0.2) is 36.4 Å². The second-order valence-corrected chi connectivity index (χ2v) is 10.1. The summed E-state index contributed by atoms with van der Waals surface area (Å²) in [5.74, 6) is 0.843. The van der Waals surface area contributed by atoms with Gasteiger partial charge in [-0.2, -0.15) is 0 Å². The highest BCUT2D eigenvalue weighted by atomic mass is 16.8. The van der Waals surface area contributed by atoms with E-state index in [0.717, 1.165) is 16.9 Å². The fourth-order valence-electron chi connectivity index (χ4n) is 7.03. The predicted molar refractivity (Wildman–Crippen MR) is 129 cm³/mol. The summed E-state index contributed by atoms with van der Waals surface area (Å²) in [6.45, 7) is 1.54. The van der Waals surface area contributed by atoms with Gasteiger partial charge in [-0.1, -0.05) is 6.07 Å². The van der Waals surface area contributed by atoms with Gasteiger partial charge in [0.15, 0.2) is 17.6 Å². The van der Waals surface area contributed by atoms with Crippen molar-refractivity contribution in [2.45, 2.75) is 49.4 Å². The standard InChI is InChI=1S/C28H30O9/c1-31-19-4-6-20(7-5-19)33-12-11-27-16-28(35-13-14-36-28)22-15-26(27,25(30)37-22)10-9-18-3-8-21(32-2)24(23(18)27)34-17-29/h3-8,17,22H,9-16H2,1-2H3/t22-,26-,27-/m1/s1. The molecular weight excluding hydrogens is 480 g/mol. The molecule has 0 unspecified atom stereocenters. The molecule has 2 bridgehead atoms. The van der Waals surface area contributed by atoms with Crippen LogP contribution in [0.25, 0.3) is 0 Å². The topological polar surface area (TPSA) is 98.8 Å². The Morgan fingerprint density at radius 2 is 1.78 bits per heavy atom. The lowest BCUT2D eigenvalue weighted by Gasteiger charge is -2.56. The first-order valence-electron chi connectivity index (χ1n) is 12.6. The molecule has 4 aliphatic rings. The SMILES string of the molecule is COc1ccc(OCC[C@]23CC4(OCCO4)[C@H]4C[C@]2(CCc2ccc(OC)c(OC=O)c23)C(=O)O4)cc1. The third-order valence-corrected chi connectivity index (χ3v) is 8.66. The lowest BCUT2D eigenvalue weighted by molar-refractivity contribution is -0.244. The minimum absolute atomic E-state index is 0.261. The van der Waals surface area contributed by atoms with Gasteiger partial charge < -0.3 is 33.2 Å². The first-order chi connectivity index (χ1) is 18.0. The van der Waals surface area contributed by atoms with Gasteiger partial charge in [0.2, 0.25) is 5.79 Å². The zero-order chi connectivity index (χ0) is 25.7. The summed E-state index contributed by atoms with van der Waals surface area (Å²) in [6.07, 6.45) is 2.06. The molecular formula is C28H30O9. The monoisotopic (exact) mass is 510 g/mol. The van der Waals surface area contributed by atoms with E-state index in [9.17, 15) is 9.59 Å². The molecule has 2 aromatic carbocycles. The van der Waals surface area contributed by atoms with Gasteiger partial charge in [-0.3, -0.25) is 9.59 Å². The summed E-state index contributed by atoms with van der Waals surface area (Å²) >= 11 is 0. The summed E-state index contributed by atoms with van der Waals surface area (Å²) in [5, 5.41) is 0. The van der Waals surface area contributed by atoms with Crippen molar-refractivity contribution in [3.8, 4) is 23.0 Å². The molecule has 2 aliphatic heterocycles. The van der Waals surface area contributed by atoms with Gasteiger partial charge in [-0.25, -0.2) is 0 Å². The Labute approximate surface area is 214 Å². The summed E-state index contributed by atoms with van der Waals surface area (Å²) in [6, 6.07) is 11.1. The van der Waals surface area contributed by atoms with Gasteiger partial charge in [0.1, 0.15) is 11.5 Å². The van der Waals surface area contributed by atoms with Gasteiger partial charge in [-0.05, 0) is 55.2 Å². The maximum Gasteiger partial charge on any atom is 0.313 e. The van der Waals surface area contributed by atoms with Crippen molar-refractivity contribution >= 4 is 12.4 Å². The molecule has 2 aromatic rings. The zero-order valence-corrected chi connectivity index (χ0v) is 20.9. The van der Waals surface area contributed by atoms with Gasteiger partial charge in [0.05, 0.1) is 39.5 Å². The van der Waals surface area contributed by atoms with E-state index in [0.29, 0.717) is 75.6 Å². The molecule has 37 heavy (non-hydrogen) atoms. The van der Waals surface area contributed by atoms with E-state index in [1.54, 1.807) is 13.2 Å². The number of carbonyl (C=O) groups excluding carboxylic acids is 2. The van der Waals surface area contributed by atoms with Crippen LogP contribution in [0.1, 0.15) is 36.8 Å². The molecule has 9 nitrogen and oxygen atoms in total. The number of hydrogen-bond donors (Lipinski definition) is 0. The number of methoxy groups -OCH3 is 2. The largest absolute Gasteiger partial charge is 0.497 e. The number of rotatable bonds is 8. The third kappa shape index (κ3) is 3.44. The van der Waals surface area contributed by atoms with Crippen molar-refractivity contribution in [2.75, 3.05) is 34.0 Å². The highest BCUT2D eigenvalue weighted by molar-refractivity contribution is 5.84. The van der Waals surface area contributed by atoms with Crippen LogP contribution < -0.4 is 18.9 Å². The maximum atomic E-state index is 13.8. The van der Waals surface area contributed by atoms with Crippen LogP contribution in [0.5, 0.6) is 23.0 Å². The fraction of sp³-hybridized carbons (Fsp3) is 0.500. The zero-order valence-electron chi connectivity index (χ0n) is 20.9. The van der Waals surface area contributed by atoms with Gasteiger partial charge in [-0.15, -0.1) is 0 Å². The lowest BCUT2D eigenvalue weighted by atomic mass is 9.46. The van der Waals surface area contributed by atoms with Gasteiger partial charge in [0, 0.05) is 23.8 Å². The van der Waals surface area contributed by atoms with E-state index < -0.39 is 22.7 Å². The molecule has 0 radical (unpaired) electrons. The van der Waals surface area contributed by atoms with Crippen molar-refractivity contribution in [3.05, 3.63) is 47.5 Å². The molecule has 0 aromatic heterocycles. The number of fused-ring (bicyclic) bond motifs is 4. The Balaban J connectivity index is 1.48. The van der Waals surface area contributed by atoms with Crippen LogP contribution in [-0.4, -0.2) is 58.4 Å². The minimum Gasteiger partial charge on any atom is -0.497 e. The summed E-state index contributed by atoms with van der Waals surface area (Å²) < 4.78 is 41.0. The van der Waals surface area contributed by atoms with Crippen LogP contribution in [0.2, 0.25) is 0 Å². The fourth-order valence-corrected chi connectivity index (χ4v) is 7.03. The molecule has 9 heteroatoms. The number of carbonyl (C=O) groups is 2. The Kier molecular flexibility index (Phi) is 5.80. The third-order valence-electron chi connectivity index (χ3n) is 8.66. The van der Waals surface area contributed by atoms with E-state index in [-0.39, 0.29) is 5.97 Å². The number of benzene rings is 2. The molecule has 0 amide bonds. The predicted octanol–water partition coefficient (Wildman–Crippen LogP) is 3.34. The second-order valence-electron chi connectivity index (χ2n) is 10.1. The van der Waals surface area contributed by atoms with Crippen LogP contribution >= 0.6 is 0 Å². The number of esters is 1. The molecule has 2 spiro atoms. The van der Waals surface area contributed by atoms with E-state index in [4.69, 9.17) is 33.2 Å². The molecule has 0 N–H and O–H groups in total. The molecule has 3 fully saturated rings. The maximum absolute atomic E-state index is 13.8. The average Bonchev–Trinajstić information content (AvgIpc) is 3.50. The van der Waals surface area contributed by atoms with Crippen LogP contribution in [-0.2, 0) is 35.6 Å². The van der Waals surface area contributed by atoms with Crippen LogP contribution in [0.3, 0.4) is 0 Å². The van der Waals surface area contributed by atoms with Crippen LogP contribution in [0.4, 0.5) is 0 Å². The van der Waals surface area contributed by atoms with Gasteiger partial charge in [0.25, 0.3) is 6.47 Å². The van der Waals surface area contributed by atoms with E-state index in [1.807, 2.05) is 30.3 Å². The number of hydrogen-bond acceptors (Lipinski definition) is 9. The van der Waals surface area contributed by atoms with Crippen molar-refractivity contribution < 1.29 is 42.7 Å². The smallest absolute Gasteiger partial charge is 0.313 e. The normalized spacial score (nSPS) is 28.7. The van der Waals surface area contributed by atoms with Gasteiger partial charge >= 0.3 is 5.97 Å². The lowest BCUT2D eigenvalue weighted by Crippen LogP contribution is -2.61. The molecule has 6 rings (SSSR count). The first kappa shape index (κ1) is 24.1. The Morgan fingerprint density at radius 3 is 2.49 bits per heavy atom. The van der Waals surface area contributed by atoms with Crippen molar-refractivity contribution in [2.24, 2.45) is 5.41 Å². The summed E-state index contributed by atoms with van der Waals surface area (Å²) in [4.78, 5) is 25.4. The highest BCUT2D eigenvalue weighted by Gasteiger charge is 2.75. The Bertz CT molecular complexity index is 1200. The highest BCUT2D eigenvalue weighted by Crippen LogP contribution is 2.68. The average molecular weight is 511 g/mol. The first-order valence-corrected chi connectivity index (χ1v) is 12.6. The second kappa shape index (κ2) is 8.92. The minimum atomic E-state index is -1.06. The van der Waals surface area contributed by atoms with Crippen LogP contribution in [0, 0.1) is 5.41 Å². The molecule has 196 valence electrons. The summed E-state index contributed by atoms with van der Waals surface area (Å²) in [5.41, 5.74) is 0.106. The van der Waals surface area contributed by atoms with Crippen molar-refractivity contribution in [1.82, 2.24) is 0 Å². The molecule has 3 atom stereocenters. The quantitative estimate of drug-likeness (QED) is 0.391. The van der Waals surface area contributed by atoms with E-state index >= 15 is 0 Å². The number of ether oxygens (including phenoxy) is 7. The molecule has 2 heterocycles. The van der Waals surface area contributed by atoms with E-state index in [2.05, 4.69) is 0 Å². The van der Waals surface area contributed by atoms with Crippen molar-refractivity contribution in [1.29, 1.82) is 0 Å². The molecule has 2 aliphatic carbocycles. The van der Waals surface area contributed by atoms with Crippen molar-refractivity contribution in [3.63, 3.8) is 0 Å². The molecule has 1 saturated carbocycles. The number of aryl methyl sites for hydroxylation is 1.